The fourth-order valence-corrected chi connectivity index (χ4v) is 2.01. The zero-order valence-electron chi connectivity index (χ0n) is 10.5. The number of aromatic nitrogens is 3. The van der Waals surface area contributed by atoms with Gasteiger partial charge in [-0.3, -0.25) is 4.99 Å². The molecule has 4 heteroatoms. The van der Waals surface area contributed by atoms with Crippen LogP contribution >= 0.6 is 0 Å². The van der Waals surface area contributed by atoms with E-state index in [4.69, 9.17) is 0 Å². The maximum Gasteiger partial charge on any atom is 0.135 e. The molecule has 0 atom stereocenters. The number of aliphatic imine (C=N–C) groups is 1. The Morgan fingerprint density at radius 2 is 1.89 bits per heavy atom. The topological polar surface area (TPSA) is 53.9 Å². The van der Waals surface area contributed by atoms with Crippen molar-refractivity contribution in [3.05, 3.63) is 47.8 Å². The molecule has 0 saturated heterocycles. The molecule has 1 aliphatic heterocycles. The minimum Gasteiger partial charge on any atom is -0.259 e. The molecule has 0 amide bonds. The van der Waals surface area contributed by atoms with E-state index in [0.29, 0.717) is 0 Å². The highest BCUT2D eigenvalue weighted by atomic mass is 15.3. The summed E-state index contributed by atoms with van der Waals surface area (Å²) in [5, 5.41) is 11.1. The molecular formula is C15H12N4. The Morgan fingerprint density at radius 1 is 1.11 bits per heavy atom. The Labute approximate surface area is 111 Å². The first kappa shape index (κ1) is 11.4. The summed E-state index contributed by atoms with van der Waals surface area (Å²) in [5.74, 6) is 5.91. The summed E-state index contributed by atoms with van der Waals surface area (Å²) in [6.45, 7) is 1.83. The molecule has 1 aliphatic rings. The second-order valence-corrected chi connectivity index (χ2v) is 4.14. The molecule has 2 aromatic rings. The van der Waals surface area contributed by atoms with E-state index in [-0.39, 0.29) is 0 Å². The first-order valence-corrected chi connectivity index (χ1v) is 6.04. The van der Waals surface area contributed by atoms with Crippen LogP contribution in [0.2, 0.25) is 0 Å². The van der Waals surface area contributed by atoms with Crippen LogP contribution in [0.15, 0.2) is 41.5 Å². The van der Waals surface area contributed by atoms with Crippen molar-refractivity contribution in [2.45, 2.75) is 13.3 Å². The number of rotatable bonds is 2. The SMILES string of the molecule is CC#Cc1ccc(-c2n[nH]nc2C2=NC=CC2)cc1. The maximum atomic E-state index is 4.30. The zero-order valence-corrected chi connectivity index (χ0v) is 10.5. The van der Waals surface area contributed by atoms with E-state index in [0.717, 1.165) is 34.6 Å². The molecule has 0 saturated carbocycles. The number of allylic oxidation sites excluding steroid dienone is 1. The number of benzene rings is 1. The van der Waals surface area contributed by atoms with Crippen molar-refractivity contribution >= 4 is 5.71 Å². The average molecular weight is 248 g/mol. The molecule has 0 fully saturated rings. The van der Waals surface area contributed by atoms with Crippen molar-refractivity contribution in [3.63, 3.8) is 0 Å². The van der Waals surface area contributed by atoms with Crippen molar-refractivity contribution < 1.29 is 0 Å². The summed E-state index contributed by atoms with van der Waals surface area (Å²) < 4.78 is 0. The summed E-state index contributed by atoms with van der Waals surface area (Å²) in [6.07, 6.45) is 4.61. The van der Waals surface area contributed by atoms with E-state index < -0.39 is 0 Å². The second-order valence-electron chi connectivity index (χ2n) is 4.14. The molecule has 4 nitrogen and oxygen atoms in total. The molecule has 19 heavy (non-hydrogen) atoms. The molecule has 2 heterocycles. The lowest BCUT2D eigenvalue weighted by Crippen LogP contribution is -1.99. The van der Waals surface area contributed by atoms with Crippen molar-refractivity contribution in [2.75, 3.05) is 0 Å². The second kappa shape index (κ2) is 4.91. The number of hydrogen-bond donors (Lipinski definition) is 1. The Bertz CT molecular complexity index is 709. The summed E-state index contributed by atoms with van der Waals surface area (Å²) in [5.41, 5.74) is 4.61. The molecule has 0 spiro atoms. The van der Waals surface area contributed by atoms with Crippen LogP contribution in [0.3, 0.4) is 0 Å². The molecule has 0 aliphatic carbocycles. The normalized spacial score (nSPS) is 13.0. The third-order valence-electron chi connectivity index (χ3n) is 2.90. The number of nitrogens with zero attached hydrogens (tertiary/aromatic N) is 3. The van der Waals surface area contributed by atoms with Crippen molar-refractivity contribution in [3.8, 4) is 23.1 Å². The molecule has 1 N–H and O–H groups in total. The van der Waals surface area contributed by atoms with Crippen LogP contribution in [0.1, 0.15) is 24.6 Å². The van der Waals surface area contributed by atoms with Gasteiger partial charge in [0.15, 0.2) is 0 Å². The smallest absolute Gasteiger partial charge is 0.135 e. The molecule has 1 aromatic heterocycles. The van der Waals surface area contributed by atoms with Gasteiger partial charge in [-0.15, -0.1) is 5.92 Å². The summed E-state index contributed by atoms with van der Waals surface area (Å²) >= 11 is 0. The third-order valence-corrected chi connectivity index (χ3v) is 2.90. The predicted molar refractivity (Wildman–Crippen MR) is 74.7 cm³/mol. The Morgan fingerprint density at radius 3 is 2.58 bits per heavy atom. The summed E-state index contributed by atoms with van der Waals surface area (Å²) in [6, 6.07) is 7.98. The first-order chi connectivity index (χ1) is 9.38. The van der Waals surface area contributed by atoms with Crippen LogP contribution in [0.5, 0.6) is 0 Å². The van der Waals surface area contributed by atoms with Crippen LogP contribution in [0.4, 0.5) is 0 Å². The van der Waals surface area contributed by atoms with Gasteiger partial charge < -0.3 is 0 Å². The molecule has 92 valence electrons. The third kappa shape index (κ3) is 2.18. The summed E-state index contributed by atoms with van der Waals surface area (Å²) in [4.78, 5) is 4.30. The van der Waals surface area contributed by atoms with Gasteiger partial charge in [0.2, 0.25) is 0 Å². The fourth-order valence-electron chi connectivity index (χ4n) is 2.01. The predicted octanol–water partition coefficient (Wildman–Crippen LogP) is 2.55. The van der Waals surface area contributed by atoms with Gasteiger partial charge in [-0.1, -0.05) is 24.1 Å². The number of H-pyrrole nitrogens is 1. The maximum absolute atomic E-state index is 4.30. The molecule has 0 bridgehead atoms. The van der Waals surface area contributed by atoms with E-state index in [1.807, 2.05) is 37.3 Å². The van der Waals surface area contributed by atoms with Gasteiger partial charge in [0.25, 0.3) is 0 Å². The van der Waals surface area contributed by atoms with Crippen LogP contribution in [0, 0.1) is 11.8 Å². The highest BCUT2D eigenvalue weighted by molar-refractivity contribution is 6.05. The lowest BCUT2D eigenvalue weighted by molar-refractivity contribution is 0.938. The van der Waals surface area contributed by atoms with Gasteiger partial charge in [0.1, 0.15) is 11.4 Å². The van der Waals surface area contributed by atoms with Crippen LogP contribution < -0.4 is 0 Å². The number of aromatic amines is 1. The van der Waals surface area contributed by atoms with Gasteiger partial charge >= 0.3 is 0 Å². The number of hydrogen-bond acceptors (Lipinski definition) is 3. The minimum atomic E-state index is 0.804. The lowest BCUT2D eigenvalue weighted by Gasteiger charge is -2.00. The van der Waals surface area contributed by atoms with Crippen molar-refractivity contribution in [2.24, 2.45) is 4.99 Å². The van der Waals surface area contributed by atoms with Crippen LogP contribution in [-0.2, 0) is 0 Å². The molecular weight excluding hydrogens is 236 g/mol. The Hall–Kier alpha value is -2.67. The van der Waals surface area contributed by atoms with Gasteiger partial charge in [0.05, 0.1) is 5.71 Å². The quantitative estimate of drug-likeness (QED) is 0.830. The Kier molecular flexibility index (Phi) is 2.95. The molecule has 0 unspecified atom stereocenters. The van der Waals surface area contributed by atoms with E-state index in [9.17, 15) is 0 Å². The van der Waals surface area contributed by atoms with Crippen molar-refractivity contribution in [1.29, 1.82) is 0 Å². The molecule has 0 radical (unpaired) electrons. The lowest BCUT2D eigenvalue weighted by atomic mass is 10.0. The molecule has 1 aromatic carbocycles. The van der Waals surface area contributed by atoms with E-state index in [2.05, 4.69) is 32.2 Å². The minimum absolute atomic E-state index is 0.804. The average Bonchev–Trinajstić information content (AvgIpc) is 3.11. The highest BCUT2D eigenvalue weighted by Crippen LogP contribution is 2.22. The first-order valence-electron chi connectivity index (χ1n) is 6.04. The monoisotopic (exact) mass is 248 g/mol. The summed E-state index contributed by atoms with van der Waals surface area (Å²) in [7, 11) is 0. The van der Waals surface area contributed by atoms with Crippen LogP contribution in [-0.4, -0.2) is 21.1 Å². The standard InChI is InChI=1S/C15H12N4/c1-2-4-11-6-8-12(9-7-11)14-15(18-19-17-14)13-5-3-10-16-13/h3,6-10H,5H2,1H3,(H,17,18,19). The van der Waals surface area contributed by atoms with Crippen molar-refractivity contribution in [1.82, 2.24) is 15.4 Å². The zero-order chi connectivity index (χ0) is 13.1. The van der Waals surface area contributed by atoms with Gasteiger partial charge in [-0.05, 0) is 19.1 Å². The van der Waals surface area contributed by atoms with Gasteiger partial charge in [0, 0.05) is 23.7 Å². The molecule has 3 rings (SSSR count). The van der Waals surface area contributed by atoms with Gasteiger partial charge in [-0.2, -0.15) is 15.4 Å². The fraction of sp³-hybridized carbons (Fsp3) is 0.133. The van der Waals surface area contributed by atoms with Gasteiger partial charge in [-0.25, -0.2) is 0 Å². The Balaban J connectivity index is 1.98. The largest absolute Gasteiger partial charge is 0.259 e. The van der Waals surface area contributed by atoms with E-state index in [1.165, 1.54) is 0 Å². The highest BCUT2D eigenvalue weighted by Gasteiger charge is 2.16. The number of nitrogens with one attached hydrogen (secondary N) is 1. The van der Waals surface area contributed by atoms with Crippen LogP contribution in [0.25, 0.3) is 11.3 Å². The van der Waals surface area contributed by atoms with E-state index in [1.54, 1.807) is 6.20 Å². The van der Waals surface area contributed by atoms with E-state index >= 15 is 0 Å².